The lowest BCUT2D eigenvalue weighted by Gasteiger charge is -2.34. The lowest BCUT2D eigenvalue weighted by atomic mass is 10.2. The van der Waals surface area contributed by atoms with Crippen molar-refractivity contribution in [3.8, 4) is 5.75 Å². The molecule has 1 aliphatic rings. The van der Waals surface area contributed by atoms with Gasteiger partial charge in [-0.2, -0.15) is 0 Å². The minimum atomic E-state index is 0.0100. The molecule has 1 aromatic rings. The third-order valence-electron chi connectivity index (χ3n) is 4.90. The Morgan fingerprint density at radius 1 is 1.11 bits per heavy atom. The average Bonchev–Trinajstić information content (AvgIpc) is 2.66. The SMILES string of the molecule is CCC(C)NC(=O)CN1CCN(CC(=O)NCCOc2cccc(C)c2)CC1. The van der Waals surface area contributed by atoms with Crippen molar-refractivity contribution in [3.63, 3.8) is 0 Å². The highest BCUT2D eigenvalue weighted by Crippen LogP contribution is 2.11. The van der Waals surface area contributed by atoms with E-state index in [0.717, 1.165) is 43.9 Å². The zero-order valence-corrected chi connectivity index (χ0v) is 17.4. The van der Waals surface area contributed by atoms with Gasteiger partial charge in [-0.15, -0.1) is 0 Å². The Kier molecular flexibility index (Phi) is 9.23. The summed E-state index contributed by atoms with van der Waals surface area (Å²) in [5.74, 6) is 0.910. The number of carbonyl (C=O) groups is 2. The summed E-state index contributed by atoms with van der Waals surface area (Å²) in [4.78, 5) is 28.3. The molecule has 28 heavy (non-hydrogen) atoms. The van der Waals surface area contributed by atoms with Gasteiger partial charge in [0.2, 0.25) is 11.8 Å². The highest BCUT2D eigenvalue weighted by molar-refractivity contribution is 5.78. The number of ether oxygens (including phenoxy) is 1. The van der Waals surface area contributed by atoms with Gasteiger partial charge >= 0.3 is 0 Å². The van der Waals surface area contributed by atoms with Gasteiger partial charge in [-0.25, -0.2) is 0 Å². The molecule has 0 bridgehead atoms. The van der Waals surface area contributed by atoms with Crippen LogP contribution in [0.5, 0.6) is 5.75 Å². The molecule has 2 rings (SSSR count). The number of nitrogens with zero attached hydrogens (tertiary/aromatic N) is 2. The monoisotopic (exact) mass is 390 g/mol. The van der Waals surface area contributed by atoms with E-state index < -0.39 is 0 Å². The summed E-state index contributed by atoms with van der Waals surface area (Å²) in [6, 6.07) is 8.08. The zero-order valence-electron chi connectivity index (χ0n) is 17.4. The standard InChI is InChI=1S/C21H34N4O3/c1-4-18(3)23-21(27)16-25-11-9-24(10-12-25)15-20(26)22-8-13-28-19-7-5-6-17(2)14-19/h5-7,14,18H,4,8-13,15-16H2,1-3H3,(H,22,26)(H,23,27). The van der Waals surface area contributed by atoms with Gasteiger partial charge < -0.3 is 15.4 Å². The van der Waals surface area contributed by atoms with Gasteiger partial charge in [0.25, 0.3) is 0 Å². The van der Waals surface area contributed by atoms with Crippen molar-refractivity contribution >= 4 is 11.8 Å². The highest BCUT2D eigenvalue weighted by Gasteiger charge is 2.20. The van der Waals surface area contributed by atoms with Crippen LogP contribution in [-0.4, -0.2) is 80.1 Å². The first kappa shape index (κ1) is 22.2. The van der Waals surface area contributed by atoms with Gasteiger partial charge in [0.1, 0.15) is 12.4 Å². The van der Waals surface area contributed by atoms with Crippen LogP contribution < -0.4 is 15.4 Å². The molecule has 2 N–H and O–H groups in total. The van der Waals surface area contributed by atoms with E-state index in [0.29, 0.717) is 26.2 Å². The van der Waals surface area contributed by atoms with Gasteiger partial charge in [-0.05, 0) is 38.0 Å². The number of amides is 2. The van der Waals surface area contributed by atoms with Crippen LogP contribution in [0.2, 0.25) is 0 Å². The summed E-state index contributed by atoms with van der Waals surface area (Å²) < 4.78 is 5.64. The van der Waals surface area contributed by atoms with Crippen molar-refractivity contribution in [2.24, 2.45) is 0 Å². The molecule has 7 nitrogen and oxygen atoms in total. The van der Waals surface area contributed by atoms with Crippen molar-refractivity contribution in [2.75, 3.05) is 52.4 Å². The number of nitrogens with one attached hydrogen (secondary N) is 2. The van der Waals surface area contributed by atoms with E-state index >= 15 is 0 Å². The Hall–Kier alpha value is -2.12. The van der Waals surface area contributed by atoms with Gasteiger partial charge in [0.05, 0.1) is 19.6 Å². The van der Waals surface area contributed by atoms with Crippen LogP contribution in [-0.2, 0) is 9.59 Å². The molecule has 0 radical (unpaired) electrons. The molecule has 0 aromatic heterocycles. The molecule has 1 aliphatic heterocycles. The fourth-order valence-electron chi connectivity index (χ4n) is 3.05. The molecule has 1 heterocycles. The minimum Gasteiger partial charge on any atom is -0.492 e. The van der Waals surface area contributed by atoms with Gasteiger partial charge in [-0.3, -0.25) is 19.4 Å². The van der Waals surface area contributed by atoms with Crippen molar-refractivity contribution < 1.29 is 14.3 Å². The van der Waals surface area contributed by atoms with E-state index in [-0.39, 0.29) is 17.9 Å². The summed E-state index contributed by atoms with van der Waals surface area (Å²) in [6.45, 7) is 11.0. The van der Waals surface area contributed by atoms with Gasteiger partial charge in [0.15, 0.2) is 0 Å². The Bertz CT molecular complexity index is 630. The maximum atomic E-state index is 12.1. The number of hydrogen-bond acceptors (Lipinski definition) is 5. The molecule has 2 amide bonds. The fraction of sp³-hybridized carbons (Fsp3) is 0.619. The van der Waals surface area contributed by atoms with Crippen LogP contribution >= 0.6 is 0 Å². The first-order valence-corrected chi connectivity index (χ1v) is 10.2. The van der Waals surface area contributed by atoms with Crippen LogP contribution in [0.4, 0.5) is 0 Å². The molecule has 0 spiro atoms. The van der Waals surface area contributed by atoms with Crippen LogP contribution in [0.1, 0.15) is 25.8 Å². The van der Waals surface area contributed by atoms with Crippen LogP contribution in [0.15, 0.2) is 24.3 Å². The van der Waals surface area contributed by atoms with Gasteiger partial charge in [-0.1, -0.05) is 19.1 Å². The average molecular weight is 391 g/mol. The summed E-state index contributed by atoms with van der Waals surface area (Å²) in [7, 11) is 0. The topological polar surface area (TPSA) is 73.9 Å². The van der Waals surface area contributed by atoms with E-state index in [1.165, 1.54) is 0 Å². The molecule has 1 saturated heterocycles. The van der Waals surface area contributed by atoms with E-state index in [4.69, 9.17) is 4.74 Å². The summed E-state index contributed by atoms with van der Waals surface area (Å²) in [5, 5.41) is 5.90. The normalized spacial score (nSPS) is 16.4. The first-order chi connectivity index (χ1) is 13.5. The number of benzene rings is 1. The Morgan fingerprint density at radius 3 is 2.36 bits per heavy atom. The third kappa shape index (κ3) is 8.27. The second-order valence-electron chi connectivity index (χ2n) is 7.44. The molecule has 1 aromatic carbocycles. The Balaban J connectivity index is 1.57. The predicted molar refractivity (Wildman–Crippen MR) is 110 cm³/mol. The van der Waals surface area contributed by atoms with Crippen LogP contribution in [0.25, 0.3) is 0 Å². The van der Waals surface area contributed by atoms with Crippen molar-refractivity contribution in [1.82, 2.24) is 20.4 Å². The van der Waals surface area contributed by atoms with Crippen molar-refractivity contribution in [1.29, 1.82) is 0 Å². The lowest BCUT2D eigenvalue weighted by Crippen LogP contribution is -2.52. The molecule has 1 fully saturated rings. The van der Waals surface area contributed by atoms with Crippen LogP contribution in [0, 0.1) is 6.92 Å². The van der Waals surface area contributed by atoms with E-state index in [2.05, 4.69) is 27.4 Å². The Labute approximate surface area is 168 Å². The molecular formula is C21H34N4O3. The molecule has 0 saturated carbocycles. The summed E-state index contributed by atoms with van der Waals surface area (Å²) in [6.07, 6.45) is 0.935. The molecule has 1 unspecified atom stereocenters. The predicted octanol–water partition coefficient (Wildman–Crippen LogP) is 1.02. The van der Waals surface area contributed by atoms with E-state index in [1.807, 2.05) is 38.1 Å². The molecule has 1 atom stereocenters. The molecular weight excluding hydrogens is 356 g/mol. The van der Waals surface area contributed by atoms with E-state index in [1.54, 1.807) is 0 Å². The number of hydrogen-bond donors (Lipinski definition) is 2. The third-order valence-corrected chi connectivity index (χ3v) is 4.90. The number of aryl methyl sites for hydroxylation is 1. The van der Waals surface area contributed by atoms with E-state index in [9.17, 15) is 9.59 Å². The summed E-state index contributed by atoms with van der Waals surface area (Å²) >= 11 is 0. The number of carbonyl (C=O) groups excluding carboxylic acids is 2. The van der Waals surface area contributed by atoms with Gasteiger partial charge in [0, 0.05) is 32.2 Å². The molecule has 156 valence electrons. The molecule has 7 heteroatoms. The largest absolute Gasteiger partial charge is 0.492 e. The fourth-order valence-corrected chi connectivity index (χ4v) is 3.05. The first-order valence-electron chi connectivity index (χ1n) is 10.2. The maximum absolute atomic E-state index is 12.1. The Morgan fingerprint density at radius 2 is 1.75 bits per heavy atom. The number of piperazine rings is 1. The second-order valence-corrected chi connectivity index (χ2v) is 7.44. The van der Waals surface area contributed by atoms with Crippen LogP contribution in [0.3, 0.4) is 0 Å². The van der Waals surface area contributed by atoms with Crippen molar-refractivity contribution in [3.05, 3.63) is 29.8 Å². The molecule has 0 aliphatic carbocycles. The highest BCUT2D eigenvalue weighted by atomic mass is 16.5. The number of rotatable bonds is 10. The quantitative estimate of drug-likeness (QED) is 0.584. The maximum Gasteiger partial charge on any atom is 0.234 e. The van der Waals surface area contributed by atoms with Crippen molar-refractivity contribution in [2.45, 2.75) is 33.2 Å². The second kappa shape index (κ2) is 11.7. The smallest absolute Gasteiger partial charge is 0.234 e. The summed E-state index contributed by atoms with van der Waals surface area (Å²) in [5.41, 5.74) is 1.15. The lowest BCUT2D eigenvalue weighted by molar-refractivity contribution is -0.125. The zero-order chi connectivity index (χ0) is 20.4. The minimum absolute atomic E-state index is 0.0100.